The highest BCUT2D eigenvalue weighted by molar-refractivity contribution is 5.96. The number of amides is 6. The van der Waals surface area contributed by atoms with Crippen molar-refractivity contribution in [2.75, 3.05) is 13.1 Å². The van der Waals surface area contributed by atoms with E-state index in [1.807, 2.05) is 13.8 Å². The molecule has 0 aromatic carbocycles. The number of carbonyl (C=O) groups excluding carboxylic acids is 6. The molecule has 0 aliphatic carbocycles. The maximum atomic E-state index is 13.7. The van der Waals surface area contributed by atoms with Crippen molar-refractivity contribution in [3.8, 4) is 0 Å². The molecule has 1 aliphatic rings. The van der Waals surface area contributed by atoms with Crippen molar-refractivity contribution >= 4 is 47.4 Å². The van der Waals surface area contributed by atoms with Crippen LogP contribution in [-0.2, 0) is 33.6 Å². The van der Waals surface area contributed by atoms with E-state index in [0.717, 1.165) is 4.90 Å². The fourth-order valence-electron chi connectivity index (χ4n) is 5.34. The Kier molecular flexibility index (Phi) is 18.2. The first-order chi connectivity index (χ1) is 23.3. The molecule has 0 saturated carbocycles. The third-order valence-corrected chi connectivity index (χ3v) is 8.07. The van der Waals surface area contributed by atoms with Gasteiger partial charge in [-0.1, -0.05) is 27.7 Å². The van der Waals surface area contributed by atoms with Crippen LogP contribution >= 0.6 is 0 Å². The van der Waals surface area contributed by atoms with Crippen LogP contribution in [0, 0.1) is 11.8 Å². The Morgan fingerprint density at radius 2 is 1.40 bits per heavy atom. The van der Waals surface area contributed by atoms with Gasteiger partial charge < -0.3 is 59.3 Å². The van der Waals surface area contributed by atoms with Gasteiger partial charge in [0.2, 0.25) is 35.4 Å². The van der Waals surface area contributed by atoms with Crippen molar-refractivity contribution < 1.29 is 43.8 Å². The Morgan fingerprint density at radius 3 is 1.92 bits per heavy atom. The number of carbonyl (C=O) groups is 7. The minimum Gasteiger partial charge on any atom is -0.480 e. The average molecular weight is 713 g/mol. The largest absolute Gasteiger partial charge is 0.480 e. The van der Waals surface area contributed by atoms with Crippen LogP contribution in [0.3, 0.4) is 0 Å². The van der Waals surface area contributed by atoms with Gasteiger partial charge in [0, 0.05) is 19.5 Å². The number of aliphatic hydroxyl groups excluding tert-OH is 1. The molecule has 1 aliphatic heterocycles. The second-order valence-corrected chi connectivity index (χ2v) is 13.3. The molecule has 0 aromatic rings. The summed E-state index contributed by atoms with van der Waals surface area (Å²) in [6.45, 7) is 8.48. The lowest BCUT2D eigenvalue weighted by Crippen LogP contribution is -2.62. The fraction of sp³-hybridized carbons (Fsp3) is 0.742. The lowest BCUT2D eigenvalue weighted by atomic mass is 9.98. The van der Waals surface area contributed by atoms with E-state index >= 15 is 0 Å². The number of aliphatic hydroxyl groups is 1. The van der Waals surface area contributed by atoms with Crippen molar-refractivity contribution in [3.05, 3.63) is 0 Å². The molecular weight excluding hydrogens is 656 g/mol. The number of hydrogen-bond donors (Lipinski definition) is 10. The zero-order chi connectivity index (χ0) is 38.3. The van der Waals surface area contributed by atoms with Crippen LogP contribution in [0.1, 0.15) is 79.6 Å². The number of primary amides is 1. The first kappa shape index (κ1) is 43.5. The molecule has 7 atom stereocenters. The average Bonchev–Trinajstić information content (AvgIpc) is 3.51. The minimum absolute atomic E-state index is 0.0540. The van der Waals surface area contributed by atoms with Crippen molar-refractivity contribution in [1.82, 2.24) is 26.2 Å². The van der Waals surface area contributed by atoms with Gasteiger partial charge in [-0.15, -0.1) is 0 Å². The van der Waals surface area contributed by atoms with Crippen LogP contribution in [-0.4, -0.2) is 118 Å². The molecule has 1 heterocycles. The molecule has 0 unspecified atom stereocenters. The van der Waals surface area contributed by atoms with E-state index in [2.05, 4.69) is 26.3 Å². The van der Waals surface area contributed by atoms with Crippen molar-refractivity contribution in [3.63, 3.8) is 0 Å². The topological polar surface area (TPSA) is 328 Å². The molecule has 0 bridgehead atoms. The molecule has 284 valence electrons. The molecule has 0 radical (unpaired) electrons. The predicted octanol–water partition coefficient (Wildman–Crippen LogP) is -3.27. The number of likely N-dealkylation sites (tertiary alicyclic amines) is 1. The predicted molar refractivity (Wildman–Crippen MR) is 182 cm³/mol. The Labute approximate surface area is 292 Å². The van der Waals surface area contributed by atoms with E-state index in [9.17, 15) is 43.8 Å². The van der Waals surface area contributed by atoms with Crippen LogP contribution in [0.4, 0.5) is 0 Å². The number of nitrogens with one attached hydrogen (secondary N) is 4. The number of guanidine groups is 1. The standard InChI is InChI=1S/C31H56N10O9/c1-15(2)14-20(38-26(45)19(8-6-12-36-31(34)35)37-25(44)18(32)10-11-22(33)43)27(46)39-23(16(3)4)28(47)40-24(17(5)42)29(48)41-13-7-9-21(41)30(49)50/h15-21,23-24,42H,6-14,32H2,1-5H3,(H2,33,43)(H,37,44)(H,38,45)(H,39,46)(H,40,47)(H,49,50)(H4,34,35,36)/t17-,18+,19+,20+,21+,23+,24+/m1/s1. The normalized spacial score (nSPS) is 17.9. The summed E-state index contributed by atoms with van der Waals surface area (Å²) < 4.78 is 0. The number of aliphatic carboxylic acids is 1. The van der Waals surface area contributed by atoms with Crippen molar-refractivity contribution in [2.24, 2.45) is 39.8 Å². The first-order valence-electron chi connectivity index (χ1n) is 16.8. The monoisotopic (exact) mass is 712 g/mol. The third kappa shape index (κ3) is 14.5. The molecule has 6 amide bonds. The van der Waals surface area contributed by atoms with Crippen LogP contribution in [0.2, 0.25) is 0 Å². The van der Waals surface area contributed by atoms with Gasteiger partial charge in [-0.05, 0) is 57.3 Å². The molecule has 19 nitrogen and oxygen atoms in total. The molecule has 0 aromatic heterocycles. The fourth-order valence-corrected chi connectivity index (χ4v) is 5.34. The van der Waals surface area contributed by atoms with E-state index < -0.39 is 89.7 Å². The summed E-state index contributed by atoms with van der Waals surface area (Å²) in [6, 6.07) is -7.30. The number of hydrogen-bond acceptors (Lipinski definition) is 10. The lowest BCUT2D eigenvalue weighted by Gasteiger charge is -2.31. The highest BCUT2D eigenvalue weighted by Crippen LogP contribution is 2.20. The summed E-state index contributed by atoms with van der Waals surface area (Å²) in [6.07, 6.45) is -0.462. The quantitative estimate of drug-likeness (QED) is 0.0318. The molecule has 50 heavy (non-hydrogen) atoms. The van der Waals surface area contributed by atoms with Gasteiger partial charge in [0.15, 0.2) is 5.96 Å². The van der Waals surface area contributed by atoms with E-state index in [1.165, 1.54) is 6.92 Å². The SMILES string of the molecule is CC(C)C[C@H](NC(=O)[C@H](CCCN=C(N)N)NC(=O)[C@@H](N)CCC(N)=O)C(=O)N[C@H](C(=O)N[C@H](C(=O)N1CCC[C@H]1C(=O)O)[C@@H](C)O)C(C)C. The van der Waals surface area contributed by atoms with Crippen molar-refractivity contribution in [1.29, 1.82) is 0 Å². The highest BCUT2D eigenvalue weighted by Gasteiger charge is 2.40. The zero-order valence-corrected chi connectivity index (χ0v) is 29.5. The molecule has 1 saturated heterocycles. The summed E-state index contributed by atoms with van der Waals surface area (Å²) in [7, 11) is 0. The molecule has 19 heteroatoms. The number of rotatable bonds is 21. The second-order valence-electron chi connectivity index (χ2n) is 13.3. The summed E-state index contributed by atoms with van der Waals surface area (Å²) in [5.41, 5.74) is 21.8. The molecule has 1 rings (SSSR count). The van der Waals surface area contributed by atoms with Gasteiger partial charge in [0.05, 0.1) is 12.1 Å². The second kappa shape index (κ2) is 20.9. The summed E-state index contributed by atoms with van der Waals surface area (Å²) in [5.74, 6) is -6.39. The Balaban J connectivity index is 3.19. The Hall–Kier alpha value is -4.52. The molecule has 14 N–H and O–H groups in total. The smallest absolute Gasteiger partial charge is 0.326 e. The molecule has 0 spiro atoms. The Morgan fingerprint density at radius 1 is 0.820 bits per heavy atom. The Bertz CT molecular complexity index is 1240. The van der Waals surface area contributed by atoms with Crippen LogP contribution < -0.4 is 44.2 Å². The summed E-state index contributed by atoms with van der Waals surface area (Å²) in [5, 5.41) is 30.2. The van der Waals surface area contributed by atoms with E-state index in [4.69, 9.17) is 22.9 Å². The number of carboxylic acids is 1. The third-order valence-electron chi connectivity index (χ3n) is 8.07. The number of carboxylic acid groups (broad SMARTS) is 1. The van der Waals surface area contributed by atoms with Crippen LogP contribution in [0.5, 0.6) is 0 Å². The van der Waals surface area contributed by atoms with E-state index in [0.29, 0.717) is 6.42 Å². The van der Waals surface area contributed by atoms with Gasteiger partial charge in [0.25, 0.3) is 0 Å². The minimum atomic E-state index is -1.48. The van der Waals surface area contributed by atoms with E-state index in [-0.39, 0.29) is 63.5 Å². The van der Waals surface area contributed by atoms with Gasteiger partial charge in [-0.25, -0.2) is 4.79 Å². The maximum Gasteiger partial charge on any atom is 0.326 e. The number of aliphatic imine (C=N–C) groups is 1. The lowest BCUT2D eigenvalue weighted by molar-refractivity contribution is -0.151. The molecule has 1 fully saturated rings. The molecular formula is C31H56N10O9. The summed E-state index contributed by atoms with van der Waals surface area (Å²) in [4.78, 5) is 94.5. The van der Waals surface area contributed by atoms with Gasteiger partial charge in [-0.2, -0.15) is 0 Å². The highest BCUT2D eigenvalue weighted by atomic mass is 16.4. The van der Waals surface area contributed by atoms with Crippen LogP contribution in [0.15, 0.2) is 4.99 Å². The van der Waals surface area contributed by atoms with Gasteiger partial charge >= 0.3 is 5.97 Å². The van der Waals surface area contributed by atoms with Crippen LogP contribution in [0.25, 0.3) is 0 Å². The maximum absolute atomic E-state index is 13.7. The number of nitrogens with two attached hydrogens (primary N) is 4. The first-order valence-corrected chi connectivity index (χ1v) is 16.8. The zero-order valence-electron chi connectivity index (χ0n) is 29.5. The number of nitrogens with zero attached hydrogens (tertiary/aromatic N) is 2. The van der Waals surface area contributed by atoms with E-state index in [1.54, 1.807) is 13.8 Å². The summed E-state index contributed by atoms with van der Waals surface area (Å²) >= 11 is 0. The van der Waals surface area contributed by atoms with Gasteiger partial charge in [0.1, 0.15) is 30.2 Å². The van der Waals surface area contributed by atoms with Gasteiger partial charge in [-0.3, -0.25) is 33.8 Å². The van der Waals surface area contributed by atoms with Crippen molar-refractivity contribution in [2.45, 2.75) is 122 Å².